The SMILES string of the molecule is C1=c2ccc([nH]2)=Cc2ccc([nH]2)C(c2ccccc2)=c2ccc([nH]2)=C(c2ccccc2)c2ccc1[nH]2. The Morgan fingerprint density at radius 1 is 0.361 bits per heavy atom. The lowest BCUT2D eigenvalue weighted by molar-refractivity contribution is 1.20. The van der Waals surface area contributed by atoms with Gasteiger partial charge in [-0.3, -0.25) is 0 Å². The van der Waals surface area contributed by atoms with Gasteiger partial charge in [0.15, 0.2) is 0 Å². The predicted molar refractivity (Wildman–Crippen MR) is 145 cm³/mol. The van der Waals surface area contributed by atoms with Gasteiger partial charge in [0.1, 0.15) is 0 Å². The summed E-state index contributed by atoms with van der Waals surface area (Å²) in [5.74, 6) is 0. The Bertz CT molecular complexity index is 1790. The van der Waals surface area contributed by atoms with E-state index in [2.05, 4.69) is 141 Å². The zero-order valence-corrected chi connectivity index (χ0v) is 19.5. The molecule has 5 heterocycles. The van der Waals surface area contributed by atoms with Crippen molar-refractivity contribution in [2.75, 3.05) is 0 Å². The van der Waals surface area contributed by atoms with Crippen LogP contribution in [-0.4, -0.2) is 19.9 Å². The van der Waals surface area contributed by atoms with Crippen molar-refractivity contribution in [2.45, 2.75) is 0 Å². The van der Waals surface area contributed by atoms with E-state index in [1.165, 1.54) is 0 Å². The van der Waals surface area contributed by atoms with Crippen LogP contribution in [0.2, 0.25) is 0 Å². The van der Waals surface area contributed by atoms with Gasteiger partial charge in [0.25, 0.3) is 0 Å². The van der Waals surface area contributed by atoms with Crippen LogP contribution in [0, 0.1) is 0 Å². The van der Waals surface area contributed by atoms with Crippen LogP contribution in [0.3, 0.4) is 0 Å². The highest BCUT2D eigenvalue weighted by Crippen LogP contribution is 2.22. The molecule has 0 spiro atoms. The van der Waals surface area contributed by atoms with Crippen molar-refractivity contribution in [3.63, 3.8) is 0 Å². The second-order valence-electron chi connectivity index (χ2n) is 9.08. The largest absolute Gasteiger partial charge is 0.355 e. The highest BCUT2D eigenvalue weighted by atomic mass is 14.8. The van der Waals surface area contributed by atoms with Gasteiger partial charge in [0, 0.05) is 55.3 Å². The monoisotopic (exact) mass is 464 g/mol. The van der Waals surface area contributed by atoms with Crippen molar-refractivity contribution in [3.05, 3.63) is 164 Å². The van der Waals surface area contributed by atoms with Gasteiger partial charge in [-0.05, 0) is 71.8 Å². The highest BCUT2D eigenvalue weighted by Gasteiger charge is 2.12. The standard InChI is InChI=1S/C32H24N4/c1-3-7-21(8-4-1)31-27-15-13-25(34-27)19-23-11-12-24(33-23)20-26-14-16-28(35-26)32(22-9-5-2-6-10-22)30-18-17-29(31)36-30/h1-20,33-36H. The average molecular weight is 465 g/mol. The first-order chi connectivity index (χ1) is 17.8. The molecule has 6 aromatic rings. The molecule has 0 fully saturated rings. The third kappa shape index (κ3) is 3.65. The maximum absolute atomic E-state index is 3.75. The molecule has 36 heavy (non-hydrogen) atoms. The van der Waals surface area contributed by atoms with Gasteiger partial charge < -0.3 is 19.9 Å². The van der Waals surface area contributed by atoms with Crippen LogP contribution in [0.5, 0.6) is 0 Å². The zero-order valence-electron chi connectivity index (χ0n) is 19.5. The highest BCUT2D eigenvalue weighted by molar-refractivity contribution is 5.80. The number of H-pyrrole nitrogens is 4. The predicted octanol–water partition coefficient (Wildman–Crippen LogP) is 3.46. The van der Waals surface area contributed by atoms with Crippen LogP contribution in [0.4, 0.5) is 0 Å². The summed E-state index contributed by atoms with van der Waals surface area (Å²) in [6.07, 6.45) is 4.27. The van der Waals surface area contributed by atoms with Gasteiger partial charge in [-0.2, -0.15) is 0 Å². The first-order valence-corrected chi connectivity index (χ1v) is 12.1. The minimum atomic E-state index is 1.05. The second kappa shape index (κ2) is 8.36. The summed E-state index contributed by atoms with van der Waals surface area (Å²) in [7, 11) is 0. The summed E-state index contributed by atoms with van der Waals surface area (Å²) < 4.78 is 0. The molecule has 0 amide bonds. The van der Waals surface area contributed by atoms with Crippen LogP contribution in [0.15, 0.2) is 109 Å². The van der Waals surface area contributed by atoms with Crippen molar-refractivity contribution in [1.29, 1.82) is 0 Å². The number of benzene rings is 2. The molecule has 0 radical (unpaired) electrons. The maximum Gasteiger partial charge on any atom is 0.0485 e. The minimum absolute atomic E-state index is 1.05. The number of aromatic amines is 4. The molecule has 0 saturated heterocycles. The molecule has 0 unspecified atom stereocenters. The summed E-state index contributed by atoms with van der Waals surface area (Å²) in [5.41, 5.74) is 8.79. The molecule has 4 aromatic heterocycles. The Labute approximate surface area is 207 Å². The van der Waals surface area contributed by atoms with E-state index in [1.54, 1.807) is 0 Å². The molecule has 172 valence electrons. The lowest BCUT2D eigenvalue weighted by Gasteiger charge is -2.07. The van der Waals surface area contributed by atoms with Gasteiger partial charge >= 0.3 is 0 Å². The third-order valence-corrected chi connectivity index (χ3v) is 6.66. The summed E-state index contributed by atoms with van der Waals surface area (Å²) >= 11 is 0. The van der Waals surface area contributed by atoms with E-state index in [1.807, 2.05) is 0 Å². The summed E-state index contributed by atoms with van der Waals surface area (Å²) in [5, 5.41) is 4.22. The van der Waals surface area contributed by atoms with Crippen LogP contribution in [-0.2, 0) is 0 Å². The zero-order chi connectivity index (χ0) is 23.9. The topological polar surface area (TPSA) is 63.2 Å². The lowest BCUT2D eigenvalue weighted by atomic mass is 10.0. The van der Waals surface area contributed by atoms with Crippen molar-refractivity contribution < 1.29 is 0 Å². The van der Waals surface area contributed by atoms with Crippen LogP contribution in [0.25, 0.3) is 23.3 Å². The van der Waals surface area contributed by atoms with Crippen LogP contribution < -0.4 is 21.4 Å². The van der Waals surface area contributed by atoms with E-state index >= 15 is 0 Å². The van der Waals surface area contributed by atoms with Crippen LogP contribution in [0.1, 0.15) is 33.9 Å². The first-order valence-electron chi connectivity index (χ1n) is 12.1. The van der Waals surface area contributed by atoms with Crippen molar-refractivity contribution in [1.82, 2.24) is 19.9 Å². The quantitative estimate of drug-likeness (QED) is 0.303. The number of rotatable bonds is 2. The number of aromatic nitrogens is 4. The Morgan fingerprint density at radius 3 is 1.31 bits per heavy atom. The molecule has 1 aliphatic heterocycles. The first kappa shape index (κ1) is 20.4. The molecule has 0 aliphatic carbocycles. The van der Waals surface area contributed by atoms with E-state index in [0.717, 1.165) is 66.4 Å². The minimum Gasteiger partial charge on any atom is -0.355 e. The Kier molecular flexibility index (Phi) is 4.74. The molecule has 4 nitrogen and oxygen atoms in total. The van der Waals surface area contributed by atoms with Gasteiger partial charge in [-0.25, -0.2) is 0 Å². The third-order valence-electron chi connectivity index (χ3n) is 6.66. The van der Waals surface area contributed by atoms with E-state index in [0.29, 0.717) is 0 Å². The molecule has 7 rings (SSSR count). The Morgan fingerprint density at radius 2 is 0.833 bits per heavy atom. The number of fused-ring (bicyclic) bond motifs is 8. The molecule has 4 heteroatoms. The molecule has 1 aliphatic rings. The van der Waals surface area contributed by atoms with Gasteiger partial charge in [-0.1, -0.05) is 60.7 Å². The number of hydrogen-bond donors (Lipinski definition) is 4. The molecular formula is C32H24N4. The normalized spacial score (nSPS) is 12.8. The van der Waals surface area contributed by atoms with E-state index in [9.17, 15) is 0 Å². The number of hydrogen-bond acceptors (Lipinski definition) is 0. The second-order valence-corrected chi connectivity index (χ2v) is 9.08. The molecule has 4 N–H and O–H groups in total. The van der Waals surface area contributed by atoms with E-state index in [4.69, 9.17) is 0 Å². The van der Waals surface area contributed by atoms with Crippen molar-refractivity contribution in [2.24, 2.45) is 0 Å². The van der Waals surface area contributed by atoms with Gasteiger partial charge in [-0.15, -0.1) is 0 Å². The number of nitrogens with one attached hydrogen (secondary N) is 4. The fraction of sp³-hybridized carbons (Fsp3) is 0. The Balaban J connectivity index is 1.61. The fourth-order valence-electron chi connectivity index (χ4n) is 5.03. The van der Waals surface area contributed by atoms with Gasteiger partial charge in [0.2, 0.25) is 0 Å². The van der Waals surface area contributed by atoms with Gasteiger partial charge in [0.05, 0.1) is 0 Å². The van der Waals surface area contributed by atoms with E-state index in [-0.39, 0.29) is 0 Å². The Hall–Kier alpha value is -4.96. The molecule has 0 atom stereocenters. The summed E-state index contributed by atoms with van der Waals surface area (Å²) in [6.45, 7) is 0. The van der Waals surface area contributed by atoms with E-state index < -0.39 is 0 Å². The van der Waals surface area contributed by atoms with Crippen LogP contribution >= 0.6 is 0 Å². The van der Waals surface area contributed by atoms with Crippen molar-refractivity contribution >= 4 is 23.3 Å². The summed E-state index contributed by atoms with van der Waals surface area (Å²) in [6, 6.07) is 38.2. The molecule has 2 aromatic carbocycles. The fourth-order valence-corrected chi connectivity index (χ4v) is 5.03. The lowest BCUT2D eigenvalue weighted by Crippen LogP contribution is -2.17. The molecular weight excluding hydrogens is 440 g/mol. The maximum atomic E-state index is 3.75. The molecule has 8 bridgehead atoms. The summed E-state index contributed by atoms with van der Waals surface area (Å²) in [4.78, 5) is 14.5. The average Bonchev–Trinajstić information content (AvgIpc) is 3.72. The smallest absolute Gasteiger partial charge is 0.0485 e. The van der Waals surface area contributed by atoms with Crippen molar-refractivity contribution in [3.8, 4) is 0 Å². The molecule has 0 saturated carbocycles.